The number of hydrogen-bond donors (Lipinski definition) is 1. The number of carbonyl (C=O) groups excluding carboxylic acids is 1. The molecular weight excluding hydrogens is 370 g/mol. The first kappa shape index (κ1) is 17.3. The number of nitrogens with zero attached hydrogens (tertiary/aromatic N) is 4. The number of carbonyl (C=O) groups is 1. The fraction of sp³-hybridized carbons (Fsp3) is 0.412. The summed E-state index contributed by atoms with van der Waals surface area (Å²) in [5, 5.41) is 11.6. The van der Waals surface area contributed by atoms with Crippen molar-refractivity contribution in [1.29, 1.82) is 0 Å². The number of piperidine rings is 1. The van der Waals surface area contributed by atoms with E-state index in [1.165, 1.54) is 11.3 Å². The summed E-state index contributed by atoms with van der Waals surface area (Å²) in [6.07, 6.45) is 1.64. The van der Waals surface area contributed by atoms with Crippen molar-refractivity contribution in [2.24, 2.45) is 5.92 Å². The number of amides is 1. The lowest BCUT2D eigenvalue weighted by Crippen LogP contribution is -2.37. The molecule has 4 heterocycles. The Bertz CT molecular complexity index is 865. The maximum atomic E-state index is 12.4. The molecular formula is C17H19N5O2S2. The van der Waals surface area contributed by atoms with Crippen LogP contribution in [-0.2, 0) is 11.3 Å². The van der Waals surface area contributed by atoms with Gasteiger partial charge >= 0.3 is 0 Å². The van der Waals surface area contributed by atoms with Crippen LogP contribution in [0.25, 0.3) is 10.7 Å². The van der Waals surface area contributed by atoms with Crippen LogP contribution in [0.5, 0.6) is 0 Å². The summed E-state index contributed by atoms with van der Waals surface area (Å²) in [6, 6.07) is 3.95. The van der Waals surface area contributed by atoms with Crippen molar-refractivity contribution < 1.29 is 9.32 Å². The van der Waals surface area contributed by atoms with Crippen LogP contribution < -0.4 is 5.32 Å². The van der Waals surface area contributed by atoms with Gasteiger partial charge in [0.1, 0.15) is 0 Å². The minimum absolute atomic E-state index is 0.0276. The predicted octanol–water partition coefficient (Wildman–Crippen LogP) is 3.41. The van der Waals surface area contributed by atoms with Crippen LogP contribution in [0.4, 0.5) is 5.13 Å². The standard InChI is InChI=1S/C17H19N5O2S2/c1-11-10-26-17(18-11)20-16(23)12-4-6-22(7-5-12)9-14-19-15(21-24-14)13-3-2-8-25-13/h2-3,8,10,12H,4-7,9H2,1H3,(H,18,20,23). The van der Waals surface area contributed by atoms with Crippen molar-refractivity contribution in [1.82, 2.24) is 20.0 Å². The van der Waals surface area contributed by atoms with Gasteiger partial charge in [0.05, 0.1) is 17.1 Å². The highest BCUT2D eigenvalue weighted by atomic mass is 32.1. The quantitative estimate of drug-likeness (QED) is 0.720. The van der Waals surface area contributed by atoms with Gasteiger partial charge in [0.25, 0.3) is 0 Å². The summed E-state index contributed by atoms with van der Waals surface area (Å²) < 4.78 is 5.36. The van der Waals surface area contributed by atoms with E-state index < -0.39 is 0 Å². The molecule has 136 valence electrons. The summed E-state index contributed by atoms with van der Waals surface area (Å²) >= 11 is 3.06. The largest absolute Gasteiger partial charge is 0.338 e. The van der Waals surface area contributed by atoms with Gasteiger partial charge in [-0.2, -0.15) is 4.98 Å². The molecule has 1 amide bonds. The summed E-state index contributed by atoms with van der Waals surface area (Å²) in [4.78, 5) is 24.4. The summed E-state index contributed by atoms with van der Waals surface area (Å²) in [5.74, 6) is 1.36. The average Bonchev–Trinajstić information content (AvgIpc) is 3.37. The van der Waals surface area contributed by atoms with E-state index in [0.29, 0.717) is 23.4 Å². The van der Waals surface area contributed by atoms with Gasteiger partial charge in [-0.05, 0) is 44.3 Å². The predicted molar refractivity (Wildman–Crippen MR) is 101 cm³/mol. The fourth-order valence-electron chi connectivity index (χ4n) is 2.99. The van der Waals surface area contributed by atoms with E-state index in [9.17, 15) is 4.79 Å². The van der Waals surface area contributed by atoms with Gasteiger partial charge < -0.3 is 9.84 Å². The van der Waals surface area contributed by atoms with E-state index in [4.69, 9.17) is 4.52 Å². The summed E-state index contributed by atoms with van der Waals surface area (Å²) in [5.41, 5.74) is 0.932. The molecule has 3 aromatic heterocycles. The first-order valence-corrected chi connectivity index (χ1v) is 10.2. The summed E-state index contributed by atoms with van der Waals surface area (Å²) in [6.45, 7) is 4.22. The topological polar surface area (TPSA) is 84.2 Å². The highest BCUT2D eigenvalue weighted by Crippen LogP contribution is 2.24. The molecule has 1 aliphatic rings. The number of aryl methyl sites for hydroxylation is 1. The number of anilines is 1. The second-order valence-electron chi connectivity index (χ2n) is 6.32. The zero-order valence-corrected chi connectivity index (χ0v) is 16.0. The first-order chi connectivity index (χ1) is 12.7. The van der Waals surface area contributed by atoms with Crippen LogP contribution in [0.3, 0.4) is 0 Å². The molecule has 7 nitrogen and oxygen atoms in total. The Hall–Kier alpha value is -2.10. The van der Waals surface area contributed by atoms with Crippen LogP contribution in [0.15, 0.2) is 27.4 Å². The van der Waals surface area contributed by atoms with Crippen LogP contribution in [0.1, 0.15) is 24.4 Å². The molecule has 0 spiro atoms. The first-order valence-electron chi connectivity index (χ1n) is 8.49. The van der Waals surface area contributed by atoms with Gasteiger partial charge in [0.2, 0.25) is 17.6 Å². The Morgan fingerprint density at radius 3 is 2.88 bits per heavy atom. The highest BCUT2D eigenvalue weighted by Gasteiger charge is 2.26. The molecule has 9 heteroatoms. The number of likely N-dealkylation sites (tertiary alicyclic amines) is 1. The molecule has 0 unspecified atom stereocenters. The highest BCUT2D eigenvalue weighted by molar-refractivity contribution is 7.14. The Kier molecular flexibility index (Phi) is 5.09. The molecule has 1 saturated heterocycles. The van der Waals surface area contributed by atoms with Gasteiger partial charge in [-0.1, -0.05) is 11.2 Å². The molecule has 0 saturated carbocycles. The molecule has 1 N–H and O–H groups in total. The SMILES string of the molecule is Cc1csc(NC(=O)C2CCN(Cc3nc(-c4cccs4)no3)CC2)n1. The molecule has 4 rings (SSSR count). The second-order valence-corrected chi connectivity index (χ2v) is 8.13. The minimum Gasteiger partial charge on any atom is -0.338 e. The van der Waals surface area contributed by atoms with Crippen molar-refractivity contribution >= 4 is 33.7 Å². The fourth-order valence-corrected chi connectivity index (χ4v) is 4.33. The third-order valence-corrected chi connectivity index (χ3v) is 6.12. The Labute approximate surface area is 159 Å². The smallest absolute Gasteiger partial charge is 0.241 e. The maximum Gasteiger partial charge on any atom is 0.241 e. The lowest BCUT2D eigenvalue weighted by atomic mass is 9.96. The third kappa shape index (κ3) is 4.00. The molecule has 0 radical (unpaired) electrons. The van der Waals surface area contributed by atoms with Crippen LogP contribution in [0, 0.1) is 12.8 Å². The van der Waals surface area contributed by atoms with Gasteiger partial charge in [-0.15, -0.1) is 22.7 Å². The Morgan fingerprint density at radius 2 is 2.19 bits per heavy atom. The Morgan fingerprint density at radius 1 is 1.35 bits per heavy atom. The van der Waals surface area contributed by atoms with Gasteiger partial charge in [-0.25, -0.2) is 4.98 Å². The molecule has 0 bridgehead atoms. The van der Waals surface area contributed by atoms with Crippen molar-refractivity contribution in [3.63, 3.8) is 0 Å². The van der Waals surface area contributed by atoms with Crippen LogP contribution >= 0.6 is 22.7 Å². The van der Waals surface area contributed by atoms with Crippen LogP contribution in [0.2, 0.25) is 0 Å². The summed E-state index contributed by atoms with van der Waals surface area (Å²) in [7, 11) is 0. The van der Waals surface area contributed by atoms with E-state index in [1.54, 1.807) is 11.3 Å². The molecule has 1 fully saturated rings. The average molecular weight is 390 g/mol. The number of nitrogens with one attached hydrogen (secondary N) is 1. The van der Waals surface area contributed by atoms with Gasteiger partial charge in [0, 0.05) is 11.3 Å². The lowest BCUT2D eigenvalue weighted by molar-refractivity contribution is -0.121. The third-order valence-electron chi connectivity index (χ3n) is 4.38. The maximum absolute atomic E-state index is 12.4. The number of hydrogen-bond acceptors (Lipinski definition) is 8. The van der Waals surface area contributed by atoms with E-state index >= 15 is 0 Å². The second kappa shape index (κ2) is 7.65. The van der Waals surface area contributed by atoms with E-state index in [0.717, 1.165) is 36.5 Å². The minimum atomic E-state index is 0.0276. The lowest BCUT2D eigenvalue weighted by Gasteiger charge is -2.29. The zero-order chi connectivity index (χ0) is 17.9. The normalized spacial score (nSPS) is 16.0. The van der Waals surface area contributed by atoms with E-state index in [2.05, 4.69) is 25.3 Å². The van der Waals surface area contributed by atoms with Crippen molar-refractivity contribution in [2.45, 2.75) is 26.3 Å². The molecule has 26 heavy (non-hydrogen) atoms. The van der Waals surface area contributed by atoms with Crippen molar-refractivity contribution in [3.8, 4) is 10.7 Å². The van der Waals surface area contributed by atoms with Gasteiger partial charge in [0.15, 0.2) is 5.13 Å². The number of thiophene rings is 1. The zero-order valence-electron chi connectivity index (χ0n) is 14.3. The monoisotopic (exact) mass is 389 g/mol. The Balaban J connectivity index is 1.28. The van der Waals surface area contributed by atoms with Crippen LogP contribution in [-0.4, -0.2) is 39.0 Å². The molecule has 0 aromatic carbocycles. The number of rotatable bonds is 5. The van der Waals surface area contributed by atoms with E-state index in [-0.39, 0.29) is 11.8 Å². The van der Waals surface area contributed by atoms with Gasteiger partial charge in [-0.3, -0.25) is 9.69 Å². The van der Waals surface area contributed by atoms with Crippen molar-refractivity contribution in [3.05, 3.63) is 34.5 Å². The molecule has 3 aromatic rings. The van der Waals surface area contributed by atoms with Crippen molar-refractivity contribution in [2.75, 3.05) is 18.4 Å². The number of aromatic nitrogens is 3. The molecule has 0 atom stereocenters. The molecule has 0 aliphatic carbocycles. The number of thiazole rings is 1. The van der Waals surface area contributed by atoms with E-state index in [1.807, 2.05) is 29.8 Å². The molecule has 1 aliphatic heterocycles.